The highest BCUT2D eigenvalue weighted by molar-refractivity contribution is 8.12. The summed E-state index contributed by atoms with van der Waals surface area (Å²) in [5.74, 6) is 0.975. The van der Waals surface area contributed by atoms with Crippen LogP contribution in [0.15, 0.2) is 29.1 Å². The zero-order valence-electron chi connectivity index (χ0n) is 20.4. The minimum Gasteiger partial charge on any atom is -0.458 e. The second-order valence-corrected chi connectivity index (χ2v) is 11.4. The molecule has 1 aromatic carbocycles. The average molecular weight is 483 g/mol. The first-order valence-electron chi connectivity index (χ1n) is 12.5. The number of nitrogens with zero attached hydrogens (tertiary/aromatic N) is 2. The molecule has 2 heterocycles. The largest absolute Gasteiger partial charge is 0.458 e. The van der Waals surface area contributed by atoms with E-state index in [0.717, 1.165) is 73.5 Å². The van der Waals surface area contributed by atoms with Gasteiger partial charge in [0.1, 0.15) is 5.82 Å². The van der Waals surface area contributed by atoms with E-state index in [4.69, 9.17) is 14.5 Å². The summed E-state index contributed by atoms with van der Waals surface area (Å²) in [7, 11) is 0. The zero-order chi connectivity index (χ0) is 23.9. The lowest BCUT2D eigenvalue weighted by atomic mass is 9.68. The second-order valence-electron chi connectivity index (χ2n) is 10.5. The molecule has 1 saturated heterocycles. The van der Waals surface area contributed by atoms with Crippen LogP contribution in [0.2, 0.25) is 0 Å². The van der Waals surface area contributed by atoms with Gasteiger partial charge in [0.2, 0.25) is 0 Å². The molecule has 5 rings (SSSR count). The Bertz CT molecular complexity index is 1150. The van der Waals surface area contributed by atoms with Crippen molar-refractivity contribution >= 4 is 17.1 Å². The van der Waals surface area contributed by atoms with E-state index in [1.54, 1.807) is 6.92 Å². The van der Waals surface area contributed by atoms with Crippen molar-refractivity contribution in [1.82, 2.24) is 9.55 Å². The van der Waals surface area contributed by atoms with Crippen molar-refractivity contribution in [1.29, 1.82) is 0 Å². The predicted octanol–water partition coefficient (Wildman–Crippen LogP) is 5.80. The first-order chi connectivity index (χ1) is 16.3. The first kappa shape index (κ1) is 23.6. The average Bonchev–Trinajstić information content (AvgIpc) is 3.25. The summed E-state index contributed by atoms with van der Waals surface area (Å²) in [5.41, 5.74) is 3.72. The highest BCUT2D eigenvalue weighted by atomic mass is 32.2. The standard InChI is InChI=1S/C27H34N2O4S/c1-4-32-25(31)34-17-21-28-23-20-10-6-5-9-18(20)15-27(12-7-8-13-27)22(23)24(30)29(21)19-11-14-33-26(2,3)16-19/h5-6,9-10,19H,4,7-8,11-17H2,1-3H3. The van der Waals surface area contributed by atoms with E-state index >= 15 is 0 Å². The van der Waals surface area contributed by atoms with E-state index in [9.17, 15) is 9.59 Å². The minimum atomic E-state index is -0.332. The van der Waals surface area contributed by atoms with Crippen molar-refractivity contribution in [3.63, 3.8) is 0 Å². The van der Waals surface area contributed by atoms with E-state index in [-0.39, 0.29) is 27.9 Å². The van der Waals surface area contributed by atoms with Crippen molar-refractivity contribution in [3.8, 4) is 11.3 Å². The van der Waals surface area contributed by atoms with Crippen molar-refractivity contribution in [2.45, 2.75) is 88.5 Å². The zero-order valence-corrected chi connectivity index (χ0v) is 21.2. The number of hydrogen-bond donors (Lipinski definition) is 0. The molecular weight excluding hydrogens is 448 g/mol. The summed E-state index contributed by atoms with van der Waals surface area (Å²) in [6.45, 7) is 6.91. The van der Waals surface area contributed by atoms with Crippen molar-refractivity contribution in [2.75, 3.05) is 13.2 Å². The normalized spacial score (nSPS) is 22.3. The van der Waals surface area contributed by atoms with Gasteiger partial charge in [-0.1, -0.05) is 37.1 Å². The maximum Gasteiger partial charge on any atom is 0.367 e. The molecule has 6 nitrogen and oxygen atoms in total. The number of carbonyl (C=O) groups is 1. The fourth-order valence-electron chi connectivity index (χ4n) is 6.27. The monoisotopic (exact) mass is 482 g/mol. The lowest BCUT2D eigenvalue weighted by Gasteiger charge is -2.40. The van der Waals surface area contributed by atoms with Crippen LogP contribution in [0.1, 0.15) is 82.3 Å². The predicted molar refractivity (Wildman–Crippen MR) is 134 cm³/mol. The van der Waals surface area contributed by atoms with Crippen LogP contribution < -0.4 is 5.56 Å². The van der Waals surface area contributed by atoms with Gasteiger partial charge in [0, 0.05) is 23.6 Å². The quantitative estimate of drug-likeness (QED) is 0.513. The van der Waals surface area contributed by atoms with Crippen LogP contribution in [0, 0.1) is 0 Å². The van der Waals surface area contributed by atoms with Crippen LogP contribution in [0.4, 0.5) is 4.79 Å². The Kier molecular flexibility index (Phi) is 6.36. The Morgan fingerprint density at radius 3 is 2.76 bits per heavy atom. The molecule has 0 radical (unpaired) electrons. The molecule has 2 aliphatic carbocycles. The SMILES string of the molecule is CCOC(=O)SCc1nc2c(c(=O)n1C1CCOC(C)(C)C1)C1(CCCC1)Cc1ccccc1-2. The smallest absolute Gasteiger partial charge is 0.367 e. The molecule has 1 saturated carbocycles. The Morgan fingerprint density at radius 2 is 2.03 bits per heavy atom. The summed E-state index contributed by atoms with van der Waals surface area (Å²) in [6.07, 6.45) is 6.77. The number of hydrogen-bond acceptors (Lipinski definition) is 6. The van der Waals surface area contributed by atoms with E-state index in [0.29, 0.717) is 24.8 Å². The van der Waals surface area contributed by atoms with Crippen LogP contribution in [0.25, 0.3) is 11.3 Å². The minimum absolute atomic E-state index is 0.00229. The summed E-state index contributed by atoms with van der Waals surface area (Å²) < 4.78 is 13.0. The number of fused-ring (bicyclic) bond motifs is 4. The molecule has 1 aromatic heterocycles. The maximum atomic E-state index is 14.4. The highest BCUT2D eigenvalue weighted by Crippen LogP contribution is 2.50. The molecule has 1 spiro atoms. The molecule has 7 heteroatoms. The maximum absolute atomic E-state index is 14.4. The molecule has 34 heavy (non-hydrogen) atoms. The Balaban J connectivity index is 1.69. The Morgan fingerprint density at radius 1 is 1.26 bits per heavy atom. The van der Waals surface area contributed by atoms with Crippen LogP contribution in [-0.2, 0) is 27.1 Å². The first-order valence-corrected chi connectivity index (χ1v) is 13.5. The molecule has 0 bridgehead atoms. The Hall–Kier alpha value is -2.12. The number of rotatable bonds is 4. The third-order valence-electron chi connectivity index (χ3n) is 7.70. The molecule has 182 valence electrons. The van der Waals surface area contributed by atoms with Crippen LogP contribution >= 0.6 is 11.8 Å². The van der Waals surface area contributed by atoms with E-state index < -0.39 is 0 Å². The molecule has 2 fully saturated rings. The van der Waals surface area contributed by atoms with Gasteiger partial charge in [0.15, 0.2) is 0 Å². The lowest BCUT2D eigenvalue weighted by molar-refractivity contribution is -0.0700. The van der Waals surface area contributed by atoms with Gasteiger partial charge in [-0.15, -0.1) is 0 Å². The molecule has 0 N–H and O–H groups in total. The van der Waals surface area contributed by atoms with Crippen LogP contribution in [0.5, 0.6) is 0 Å². The molecule has 1 atom stereocenters. The van der Waals surface area contributed by atoms with E-state index in [1.807, 2.05) is 10.6 Å². The summed E-state index contributed by atoms with van der Waals surface area (Å²) in [4.78, 5) is 31.8. The van der Waals surface area contributed by atoms with Gasteiger partial charge in [-0.3, -0.25) is 9.36 Å². The van der Waals surface area contributed by atoms with Gasteiger partial charge in [-0.25, -0.2) is 9.78 Å². The third-order valence-corrected chi connectivity index (χ3v) is 8.45. The van der Waals surface area contributed by atoms with Crippen LogP contribution in [-0.4, -0.2) is 33.7 Å². The van der Waals surface area contributed by atoms with E-state index in [2.05, 4.69) is 32.0 Å². The summed E-state index contributed by atoms with van der Waals surface area (Å²) in [5, 5.41) is -0.332. The molecule has 1 unspecified atom stereocenters. The van der Waals surface area contributed by atoms with Crippen molar-refractivity contribution in [3.05, 3.63) is 51.6 Å². The highest BCUT2D eigenvalue weighted by Gasteiger charge is 2.45. The van der Waals surface area contributed by atoms with Gasteiger partial charge in [-0.05, 0) is 70.2 Å². The number of thioether (sulfide) groups is 1. The molecule has 1 aliphatic heterocycles. The Labute approximate surface area is 205 Å². The molecule has 2 aromatic rings. The second kappa shape index (κ2) is 9.15. The lowest BCUT2D eigenvalue weighted by Crippen LogP contribution is -2.44. The fourth-order valence-corrected chi connectivity index (χ4v) is 6.92. The molecule has 0 amide bonds. The number of benzene rings is 1. The summed E-state index contributed by atoms with van der Waals surface area (Å²) in [6, 6.07) is 8.38. The van der Waals surface area contributed by atoms with Crippen molar-refractivity contribution < 1.29 is 14.3 Å². The molecule has 3 aliphatic rings. The van der Waals surface area contributed by atoms with E-state index in [1.165, 1.54) is 5.56 Å². The third kappa shape index (κ3) is 4.22. The van der Waals surface area contributed by atoms with Gasteiger partial charge >= 0.3 is 5.30 Å². The van der Waals surface area contributed by atoms with Gasteiger partial charge in [0.05, 0.1) is 29.2 Å². The van der Waals surface area contributed by atoms with Gasteiger partial charge < -0.3 is 9.47 Å². The van der Waals surface area contributed by atoms with Crippen molar-refractivity contribution in [2.24, 2.45) is 0 Å². The molecular formula is C27H34N2O4S. The number of carbonyl (C=O) groups excluding carboxylic acids is 1. The van der Waals surface area contributed by atoms with Gasteiger partial charge in [-0.2, -0.15) is 0 Å². The number of aromatic nitrogens is 2. The summed E-state index contributed by atoms with van der Waals surface area (Å²) >= 11 is 1.08. The van der Waals surface area contributed by atoms with Crippen LogP contribution in [0.3, 0.4) is 0 Å². The fraction of sp³-hybridized carbons (Fsp3) is 0.593. The topological polar surface area (TPSA) is 70.4 Å². The van der Waals surface area contributed by atoms with Gasteiger partial charge in [0.25, 0.3) is 5.56 Å². The number of ether oxygens (including phenoxy) is 2.